The number of hydrogen-bond donors (Lipinski definition) is 0. The second-order valence-corrected chi connectivity index (χ2v) is 3.66. The lowest BCUT2D eigenvalue weighted by atomic mass is 10.3. The van der Waals surface area contributed by atoms with Crippen LogP contribution < -0.4 is 4.74 Å². The Morgan fingerprint density at radius 2 is 2.12 bits per heavy atom. The van der Waals surface area contributed by atoms with E-state index in [2.05, 4.69) is 9.97 Å². The van der Waals surface area contributed by atoms with Gasteiger partial charge in [0.05, 0.1) is 13.3 Å². The molecule has 0 N–H and O–H groups in total. The summed E-state index contributed by atoms with van der Waals surface area (Å²) in [6.07, 6.45) is 7.32. The van der Waals surface area contributed by atoms with E-state index >= 15 is 0 Å². The third-order valence-corrected chi connectivity index (χ3v) is 2.67. The Hall–Kier alpha value is -2.36. The quantitative estimate of drug-likeness (QED) is 0.672. The zero-order chi connectivity index (χ0) is 11.7. The van der Waals surface area contributed by atoms with Gasteiger partial charge in [-0.3, -0.25) is 9.38 Å². The normalized spacial score (nSPS) is 10.6. The molecule has 84 valence electrons. The highest BCUT2D eigenvalue weighted by Crippen LogP contribution is 2.24. The van der Waals surface area contributed by atoms with Crippen molar-refractivity contribution in [3.05, 3.63) is 49.1 Å². The predicted octanol–water partition coefficient (Wildman–Crippen LogP) is 2.40. The first kappa shape index (κ1) is 9.84. The Morgan fingerprint density at radius 1 is 1.18 bits per heavy atom. The van der Waals surface area contributed by atoms with E-state index in [-0.39, 0.29) is 0 Å². The van der Waals surface area contributed by atoms with Crippen LogP contribution in [0.4, 0.5) is 0 Å². The van der Waals surface area contributed by atoms with Crippen LogP contribution in [-0.4, -0.2) is 21.5 Å². The molecule has 0 aliphatic carbocycles. The van der Waals surface area contributed by atoms with Crippen LogP contribution in [0.3, 0.4) is 0 Å². The molecule has 0 amide bonds. The summed E-state index contributed by atoms with van der Waals surface area (Å²) in [5.74, 6) is 1.68. The van der Waals surface area contributed by atoms with Crippen LogP contribution in [0.5, 0.6) is 5.75 Å². The molecule has 3 aromatic rings. The lowest BCUT2D eigenvalue weighted by molar-refractivity contribution is 0.418. The molecular formula is C13H11N3O. The lowest BCUT2D eigenvalue weighted by Gasteiger charge is -2.04. The Balaban J connectivity index is 2.26. The summed E-state index contributed by atoms with van der Waals surface area (Å²) < 4.78 is 7.30. The molecule has 0 aromatic carbocycles. The topological polar surface area (TPSA) is 39.4 Å². The molecule has 3 heterocycles. The van der Waals surface area contributed by atoms with Crippen LogP contribution in [0.25, 0.3) is 16.9 Å². The zero-order valence-electron chi connectivity index (χ0n) is 9.37. The first-order chi connectivity index (χ1) is 8.40. The molecule has 0 unspecified atom stereocenters. The summed E-state index contributed by atoms with van der Waals surface area (Å²) in [5.41, 5.74) is 1.94. The van der Waals surface area contributed by atoms with Gasteiger partial charge in [-0.05, 0) is 24.3 Å². The maximum atomic E-state index is 5.30. The summed E-state index contributed by atoms with van der Waals surface area (Å²) in [6.45, 7) is 0. The van der Waals surface area contributed by atoms with E-state index in [0.29, 0.717) is 0 Å². The van der Waals surface area contributed by atoms with Crippen molar-refractivity contribution in [2.45, 2.75) is 0 Å². The van der Waals surface area contributed by atoms with Crippen molar-refractivity contribution in [3.63, 3.8) is 0 Å². The molecule has 0 saturated heterocycles. The Bertz CT molecular complexity index is 646. The van der Waals surface area contributed by atoms with Crippen LogP contribution in [-0.2, 0) is 0 Å². The number of fused-ring (bicyclic) bond motifs is 1. The summed E-state index contributed by atoms with van der Waals surface area (Å²) >= 11 is 0. The number of nitrogens with zero attached hydrogens (tertiary/aromatic N) is 3. The van der Waals surface area contributed by atoms with E-state index < -0.39 is 0 Å². The SMILES string of the molecule is COc1cccn2c(-c3cccnc3)ncc12. The molecule has 3 rings (SSSR count). The first-order valence-electron chi connectivity index (χ1n) is 5.30. The van der Waals surface area contributed by atoms with Crippen molar-refractivity contribution in [2.24, 2.45) is 0 Å². The molecule has 17 heavy (non-hydrogen) atoms. The van der Waals surface area contributed by atoms with E-state index in [9.17, 15) is 0 Å². The number of aromatic nitrogens is 3. The fraction of sp³-hybridized carbons (Fsp3) is 0.0769. The zero-order valence-corrected chi connectivity index (χ0v) is 9.37. The standard InChI is InChI=1S/C13H11N3O/c1-17-12-5-3-7-16-11(12)9-15-13(16)10-4-2-6-14-8-10/h2-9H,1H3. The molecule has 0 atom stereocenters. The van der Waals surface area contributed by atoms with Gasteiger partial charge in [0.25, 0.3) is 0 Å². The van der Waals surface area contributed by atoms with Crippen molar-refractivity contribution in [2.75, 3.05) is 7.11 Å². The molecule has 0 spiro atoms. The van der Waals surface area contributed by atoms with E-state index in [1.807, 2.05) is 34.9 Å². The maximum absolute atomic E-state index is 5.30. The number of pyridine rings is 2. The first-order valence-corrected chi connectivity index (χ1v) is 5.30. The Kier molecular flexibility index (Phi) is 2.26. The molecule has 0 radical (unpaired) electrons. The van der Waals surface area contributed by atoms with Crippen LogP contribution in [0.15, 0.2) is 49.1 Å². The molecule has 4 nitrogen and oxygen atoms in total. The fourth-order valence-electron chi connectivity index (χ4n) is 1.88. The minimum atomic E-state index is 0.815. The molecule has 0 aliphatic rings. The largest absolute Gasteiger partial charge is 0.494 e. The lowest BCUT2D eigenvalue weighted by Crippen LogP contribution is -1.91. The molecule has 3 aromatic heterocycles. The molecule has 0 aliphatic heterocycles. The van der Waals surface area contributed by atoms with Gasteiger partial charge in [-0.1, -0.05) is 0 Å². The smallest absolute Gasteiger partial charge is 0.146 e. The van der Waals surface area contributed by atoms with Gasteiger partial charge in [-0.2, -0.15) is 0 Å². The van der Waals surface area contributed by atoms with Gasteiger partial charge >= 0.3 is 0 Å². The van der Waals surface area contributed by atoms with E-state index in [0.717, 1.165) is 22.7 Å². The van der Waals surface area contributed by atoms with Gasteiger partial charge in [-0.15, -0.1) is 0 Å². The van der Waals surface area contributed by atoms with Crippen LogP contribution in [0, 0.1) is 0 Å². The van der Waals surface area contributed by atoms with Gasteiger partial charge in [0.1, 0.15) is 17.1 Å². The van der Waals surface area contributed by atoms with Crippen molar-refractivity contribution in [1.82, 2.24) is 14.4 Å². The third-order valence-electron chi connectivity index (χ3n) is 2.67. The molecule has 0 saturated carbocycles. The monoisotopic (exact) mass is 225 g/mol. The predicted molar refractivity (Wildman–Crippen MR) is 65.0 cm³/mol. The average Bonchev–Trinajstić information content (AvgIpc) is 2.83. The van der Waals surface area contributed by atoms with Crippen molar-refractivity contribution in [3.8, 4) is 17.1 Å². The average molecular weight is 225 g/mol. The van der Waals surface area contributed by atoms with E-state index in [1.165, 1.54) is 0 Å². The molecule has 0 bridgehead atoms. The van der Waals surface area contributed by atoms with Gasteiger partial charge in [0.2, 0.25) is 0 Å². The summed E-state index contributed by atoms with van der Waals surface area (Å²) in [4.78, 5) is 8.52. The van der Waals surface area contributed by atoms with Gasteiger partial charge in [0, 0.05) is 24.2 Å². The third kappa shape index (κ3) is 1.54. The molecule has 0 fully saturated rings. The second kappa shape index (κ2) is 3.90. The van der Waals surface area contributed by atoms with Crippen LogP contribution >= 0.6 is 0 Å². The van der Waals surface area contributed by atoms with Crippen molar-refractivity contribution < 1.29 is 4.74 Å². The summed E-state index contributed by atoms with van der Waals surface area (Å²) in [6, 6.07) is 7.75. The summed E-state index contributed by atoms with van der Waals surface area (Å²) in [7, 11) is 1.66. The Morgan fingerprint density at radius 3 is 2.88 bits per heavy atom. The van der Waals surface area contributed by atoms with Crippen molar-refractivity contribution >= 4 is 5.52 Å². The van der Waals surface area contributed by atoms with Crippen molar-refractivity contribution in [1.29, 1.82) is 0 Å². The second-order valence-electron chi connectivity index (χ2n) is 3.66. The van der Waals surface area contributed by atoms with Crippen LogP contribution in [0.2, 0.25) is 0 Å². The van der Waals surface area contributed by atoms with E-state index in [1.54, 1.807) is 25.7 Å². The Labute approximate surface area is 98.5 Å². The highest BCUT2D eigenvalue weighted by Gasteiger charge is 2.08. The number of rotatable bonds is 2. The minimum absolute atomic E-state index is 0.815. The highest BCUT2D eigenvalue weighted by molar-refractivity contribution is 5.66. The molecular weight excluding hydrogens is 214 g/mol. The van der Waals surface area contributed by atoms with Gasteiger partial charge in [0.15, 0.2) is 0 Å². The van der Waals surface area contributed by atoms with Gasteiger partial charge in [-0.25, -0.2) is 4.98 Å². The number of ether oxygens (including phenoxy) is 1. The number of hydrogen-bond acceptors (Lipinski definition) is 3. The fourth-order valence-corrected chi connectivity index (χ4v) is 1.88. The highest BCUT2D eigenvalue weighted by atomic mass is 16.5. The summed E-state index contributed by atoms with van der Waals surface area (Å²) in [5, 5.41) is 0. The minimum Gasteiger partial charge on any atom is -0.494 e. The molecule has 4 heteroatoms. The van der Waals surface area contributed by atoms with E-state index in [4.69, 9.17) is 4.74 Å². The van der Waals surface area contributed by atoms with Crippen LogP contribution in [0.1, 0.15) is 0 Å². The number of imidazole rings is 1. The maximum Gasteiger partial charge on any atom is 0.146 e. The van der Waals surface area contributed by atoms with Gasteiger partial charge < -0.3 is 4.74 Å². The number of methoxy groups -OCH3 is 1.